The van der Waals surface area contributed by atoms with Crippen LogP contribution in [0.3, 0.4) is 0 Å². The predicted octanol–water partition coefficient (Wildman–Crippen LogP) is 4.05. The first-order valence-corrected chi connectivity index (χ1v) is 6.40. The molecule has 1 aromatic rings. The largest absolute Gasteiger partial charge is 0.309 e. The van der Waals surface area contributed by atoms with E-state index in [9.17, 15) is 0 Å². The summed E-state index contributed by atoms with van der Waals surface area (Å²) in [6, 6.07) is 8.51. The zero-order chi connectivity index (χ0) is 12.1. The van der Waals surface area contributed by atoms with Gasteiger partial charge in [0, 0.05) is 11.0 Å². The van der Waals surface area contributed by atoms with Crippen LogP contribution in [0.5, 0.6) is 0 Å². The lowest BCUT2D eigenvalue weighted by molar-refractivity contribution is 0.376. The van der Waals surface area contributed by atoms with Crippen molar-refractivity contribution in [2.24, 2.45) is 5.92 Å². The Morgan fingerprint density at radius 2 is 2.12 bits per heavy atom. The molecular formula is C14H20BrN. The minimum Gasteiger partial charge on any atom is -0.309 e. The van der Waals surface area contributed by atoms with E-state index in [2.05, 4.69) is 79.1 Å². The topological polar surface area (TPSA) is 3.24 Å². The summed E-state index contributed by atoms with van der Waals surface area (Å²) in [5.74, 6) is 0.550. The zero-order valence-corrected chi connectivity index (χ0v) is 12.1. The van der Waals surface area contributed by atoms with Crippen molar-refractivity contribution in [3.05, 3.63) is 40.4 Å². The Morgan fingerprint density at radius 3 is 2.62 bits per heavy atom. The molecule has 0 aliphatic rings. The first-order chi connectivity index (χ1) is 7.54. The third kappa shape index (κ3) is 3.76. The molecule has 0 saturated carbocycles. The van der Waals surface area contributed by atoms with Gasteiger partial charge < -0.3 is 4.90 Å². The van der Waals surface area contributed by atoms with Gasteiger partial charge in [0.25, 0.3) is 0 Å². The first kappa shape index (κ1) is 13.5. The van der Waals surface area contributed by atoms with Crippen molar-refractivity contribution in [2.45, 2.75) is 13.8 Å². The normalized spacial score (nSPS) is 14.2. The second kappa shape index (κ2) is 6.21. The molecule has 88 valence electrons. The molecular weight excluding hydrogens is 262 g/mol. The zero-order valence-electron chi connectivity index (χ0n) is 10.5. The maximum Gasteiger partial charge on any atom is 0.0181 e. The van der Waals surface area contributed by atoms with E-state index in [1.807, 2.05) is 0 Å². The molecule has 0 saturated heterocycles. The number of rotatable bonds is 4. The second-order valence-corrected chi connectivity index (χ2v) is 5.33. The molecule has 2 heteroatoms. The van der Waals surface area contributed by atoms with Gasteiger partial charge in [0.2, 0.25) is 0 Å². The molecule has 1 atom stereocenters. The number of allylic oxidation sites excluding steroid dienone is 1. The lowest BCUT2D eigenvalue weighted by atomic mass is 9.93. The second-order valence-electron chi connectivity index (χ2n) is 4.42. The van der Waals surface area contributed by atoms with Crippen molar-refractivity contribution < 1.29 is 0 Å². The third-order valence-corrected chi connectivity index (χ3v) is 3.13. The van der Waals surface area contributed by atoms with Crippen LogP contribution in [-0.2, 0) is 0 Å². The van der Waals surface area contributed by atoms with Gasteiger partial charge in [-0.3, -0.25) is 0 Å². The SMILES string of the molecule is CC=C(c1cccc(Br)c1)[C@@H](C)CN(C)C. The van der Waals surface area contributed by atoms with Crippen molar-refractivity contribution in [1.29, 1.82) is 0 Å². The maximum absolute atomic E-state index is 3.52. The van der Waals surface area contributed by atoms with Crippen LogP contribution in [0.2, 0.25) is 0 Å². The van der Waals surface area contributed by atoms with Gasteiger partial charge in [-0.2, -0.15) is 0 Å². The fourth-order valence-electron chi connectivity index (χ4n) is 2.05. The van der Waals surface area contributed by atoms with Crippen LogP contribution in [0, 0.1) is 5.92 Å². The molecule has 0 radical (unpaired) electrons. The summed E-state index contributed by atoms with van der Waals surface area (Å²) >= 11 is 3.52. The Bertz CT molecular complexity index is 369. The molecule has 0 aliphatic heterocycles. The molecule has 1 rings (SSSR count). The molecule has 0 spiro atoms. The number of hydrogen-bond donors (Lipinski definition) is 0. The van der Waals surface area contributed by atoms with Crippen molar-refractivity contribution >= 4 is 21.5 Å². The highest BCUT2D eigenvalue weighted by atomic mass is 79.9. The van der Waals surface area contributed by atoms with Crippen molar-refractivity contribution in [2.75, 3.05) is 20.6 Å². The van der Waals surface area contributed by atoms with Crippen molar-refractivity contribution in [1.82, 2.24) is 4.90 Å². The van der Waals surface area contributed by atoms with E-state index in [1.165, 1.54) is 11.1 Å². The highest BCUT2D eigenvalue weighted by Crippen LogP contribution is 2.25. The number of benzene rings is 1. The van der Waals surface area contributed by atoms with Gasteiger partial charge in [-0.1, -0.05) is 41.1 Å². The summed E-state index contributed by atoms with van der Waals surface area (Å²) in [6.07, 6.45) is 2.22. The Kier molecular flexibility index (Phi) is 5.23. The first-order valence-electron chi connectivity index (χ1n) is 5.61. The molecule has 1 nitrogen and oxygen atoms in total. The summed E-state index contributed by atoms with van der Waals surface area (Å²) in [5, 5.41) is 0. The highest BCUT2D eigenvalue weighted by Gasteiger charge is 2.11. The van der Waals surface area contributed by atoms with Crippen LogP contribution in [-0.4, -0.2) is 25.5 Å². The van der Waals surface area contributed by atoms with Crippen LogP contribution >= 0.6 is 15.9 Å². The number of halogens is 1. The molecule has 0 bridgehead atoms. The van der Waals surface area contributed by atoms with Gasteiger partial charge >= 0.3 is 0 Å². The van der Waals surface area contributed by atoms with Crippen LogP contribution in [0.15, 0.2) is 34.8 Å². The lowest BCUT2D eigenvalue weighted by Gasteiger charge is -2.20. The predicted molar refractivity (Wildman–Crippen MR) is 75.5 cm³/mol. The quantitative estimate of drug-likeness (QED) is 0.805. The average Bonchev–Trinajstić information content (AvgIpc) is 2.17. The smallest absolute Gasteiger partial charge is 0.0181 e. The Morgan fingerprint density at radius 1 is 1.44 bits per heavy atom. The molecule has 0 fully saturated rings. The van der Waals surface area contributed by atoms with Gasteiger partial charge in [0.1, 0.15) is 0 Å². The molecule has 0 amide bonds. The molecule has 0 heterocycles. The van der Waals surface area contributed by atoms with Gasteiger partial charge in [0.05, 0.1) is 0 Å². The monoisotopic (exact) mass is 281 g/mol. The van der Waals surface area contributed by atoms with E-state index in [4.69, 9.17) is 0 Å². The molecule has 16 heavy (non-hydrogen) atoms. The summed E-state index contributed by atoms with van der Waals surface area (Å²) < 4.78 is 1.14. The Balaban J connectivity index is 2.91. The minimum atomic E-state index is 0.550. The maximum atomic E-state index is 3.52. The average molecular weight is 282 g/mol. The summed E-state index contributed by atoms with van der Waals surface area (Å²) in [6.45, 7) is 5.46. The van der Waals surface area contributed by atoms with E-state index in [0.29, 0.717) is 5.92 Å². The standard InChI is InChI=1S/C14H20BrN/c1-5-14(11(2)10-16(3)4)12-7-6-8-13(15)9-12/h5-9,11H,10H2,1-4H3/t11-/m0/s1. The van der Waals surface area contributed by atoms with Crippen molar-refractivity contribution in [3.63, 3.8) is 0 Å². The highest BCUT2D eigenvalue weighted by molar-refractivity contribution is 9.10. The fourth-order valence-corrected chi connectivity index (χ4v) is 2.45. The van der Waals surface area contributed by atoms with Crippen LogP contribution in [0.1, 0.15) is 19.4 Å². The van der Waals surface area contributed by atoms with Crippen LogP contribution < -0.4 is 0 Å². The van der Waals surface area contributed by atoms with Crippen molar-refractivity contribution in [3.8, 4) is 0 Å². The van der Waals surface area contributed by atoms with Crippen LogP contribution in [0.25, 0.3) is 5.57 Å². The molecule has 1 aromatic carbocycles. The number of nitrogens with zero attached hydrogens (tertiary/aromatic N) is 1. The summed E-state index contributed by atoms with van der Waals surface area (Å²) in [7, 11) is 4.23. The Hall–Kier alpha value is -0.600. The Labute approximate surface area is 107 Å². The fraction of sp³-hybridized carbons (Fsp3) is 0.429. The van der Waals surface area contributed by atoms with E-state index < -0.39 is 0 Å². The van der Waals surface area contributed by atoms with Gasteiger partial charge in [-0.25, -0.2) is 0 Å². The van der Waals surface area contributed by atoms with E-state index in [1.54, 1.807) is 0 Å². The van der Waals surface area contributed by atoms with Gasteiger partial charge in [-0.05, 0) is 50.2 Å². The van der Waals surface area contributed by atoms with Gasteiger partial charge in [-0.15, -0.1) is 0 Å². The van der Waals surface area contributed by atoms with E-state index >= 15 is 0 Å². The third-order valence-electron chi connectivity index (χ3n) is 2.64. The minimum absolute atomic E-state index is 0.550. The van der Waals surface area contributed by atoms with E-state index in [0.717, 1.165) is 11.0 Å². The molecule has 0 unspecified atom stereocenters. The summed E-state index contributed by atoms with van der Waals surface area (Å²) in [4.78, 5) is 2.23. The molecule has 0 N–H and O–H groups in total. The molecule has 0 aliphatic carbocycles. The van der Waals surface area contributed by atoms with E-state index in [-0.39, 0.29) is 0 Å². The molecule has 0 aromatic heterocycles. The van der Waals surface area contributed by atoms with Crippen LogP contribution in [0.4, 0.5) is 0 Å². The summed E-state index contributed by atoms with van der Waals surface area (Å²) in [5.41, 5.74) is 2.72. The number of hydrogen-bond acceptors (Lipinski definition) is 1. The van der Waals surface area contributed by atoms with Gasteiger partial charge in [0.15, 0.2) is 0 Å². The lowest BCUT2D eigenvalue weighted by Crippen LogP contribution is -2.20.